The van der Waals surface area contributed by atoms with E-state index in [0.717, 1.165) is 0 Å². The molecule has 27 heavy (non-hydrogen) atoms. The monoisotopic (exact) mass is 378 g/mol. The zero-order valence-corrected chi connectivity index (χ0v) is 16.2. The predicted octanol–water partition coefficient (Wildman–Crippen LogP) is 2.54. The summed E-state index contributed by atoms with van der Waals surface area (Å²) in [7, 11) is 0. The molecule has 1 aromatic carbocycles. The van der Waals surface area contributed by atoms with E-state index in [1.165, 1.54) is 29.2 Å². The third-order valence-electron chi connectivity index (χ3n) is 5.47. The van der Waals surface area contributed by atoms with Crippen molar-refractivity contribution < 1.29 is 23.9 Å². The van der Waals surface area contributed by atoms with Crippen LogP contribution in [-0.2, 0) is 9.59 Å². The second-order valence-electron chi connectivity index (χ2n) is 7.83. The summed E-state index contributed by atoms with van der Waals surface area (Å²) in [6.07, 6.45) is 0.391. The lowest BCUT2D eigenvalue weighted by molar-refractivity contribution is -0.151. The van der Waals surface area contributed by atoms with E-state index < -0.39 is 29.2 Å². The Morgan fingerprint density at radius 2 is 1.74 bits per heavy atom. The molecule has 1 saturated heterocycles. The smallest absolute Gasteiger partial charge is 0.311 e. The largest absolute Gasteiger partial charge is 0.481 e. The molecule has 6 nitrogen and oxygen atoms in total. The molecule has 2 amide bonds. The Labute approximate surface area is 158 Å². The summed E-state index contributed by atoms with van der Waals surface area (Å²) in [5.41, 5.74) is -0.698. The van der Waals surface area contributed by atoms with Crippen molar-refractivity contribution in [3.05, 3.63) is 35.6 Å². The lowest BCUT2D eigenvalue weighted by Gasteiger charge is -2.31. The van der Waals surface area contributed by atoms with Crippen molar-refractivity contribution in [2.75, 3.05) is 13.1 Å². The molecule has 0 aromatic heterocycles. The van der Waals surface area contributed by atoms with Crippen LogP contribution in [0.1, 0.15) is 44.5 Å². The highest BCUT2D eigenvalue weighted by atomic mass is 19.1. The number of carboxylic acid groups (broad SMARTS) is 1. The first-order valence-electron chi connectivity index (χ1n) is 9.17. The highest BCUT2D eigenvalue weighted by Gasteiger charge is 2.49. The number of hydrogen-bond acceptors (Lipinski definition) is 3. The van der Waals surface area contributed by atoms with E-state index in [-0.39, 0.29) is 29.9 Å². The first-order chi connectivity index (χ1) is 12.6. The molecular formula is C20H27FN2O4. The minimum atomic E-state index is -0.960. The van der Waals surface area contributed by atoms with Crippen LogP contribution in [0.3, 0.4) is 0 Å². The zero-order chi connectivity index (χ0) is 20.4. The molecule has 0 spiro atoms. The lowest BCUT2D eigenvalue weighted by atomic mass is 9.76. The quantitative estimate of drug-likeness (QED) is 0.796. The SMILES string of the molecule is CC(C)C(NC(=O)c1ccc(F)cc1)C(=O)N1CCC(C(=O)O)(C(C)C)C1. The van der Waals surface area contributed by atoms with E-state index >= 15 is 0 Å². The molecule has 0 bridgehead atoms. The standard InChI is InChI=1S/C20H27FN2O4/c1-12(2)16(22-17(24)14-5-7-15(21)8-6-14)18(25)23-10-9-20(11-23,13(3)4)19(26)27/h5-8,12-13,16H,9-11H2,1-4H3,(H,22,24)(H,26,27). The van der Waals surface area contributed by atoms with E-state index in [0.29, 0.717) is 13.0 Å². The Morgan fingerprint density at radius 1 is 1.15 bits per heavy atom. The molecule has 0 saturated carbocycles. The van der Waals surface area contributed by atoms with Crippen molar-refractivity contribution in [3.63, 3.8) is 0 Å². The third kappa shape index (κ3) is 4.28. The molecule has 2 unspecified atom stereocenters. The van der Waals surface area contributed by atoms with Crippen LogP contribution in [0.2, 0.25) is 0 Å². The first kappa shape index (κ1) is 20.9. The van der Waals surface area contributed by atoms with Gasteiger partial charge in [0.15, 0.2) is 0 Å². The van der Waals surface area contributed by atoms with Crippen LogP contribution in [0, 0.1) is 23.1 Å². The average Bonchev–Trinajstić information content (AvgIpc) is 3.06. The molecule has 1 aliphatic rings. The number of carbonyl (C=O) groups excluding carboxylic acids is 2. The topological polar surface area (TPSA) is 86.7 Å². The molecule has 0 radical (unpaired) electrons. The zero-order valence-electron chi connectivity index (χ0n) is 16.2. The van der Waals surface area contributed by atoms with Crippen LogP contribution in [0.5, 0.6) is 0 Å². The summed E-state index contributed by atoms with van der Waals surface area (Å²) in [6.45, 7) is 7.80. The van der Waals surface area contributed by atoms with Gasteiger partial charge in [-0.2, -0.15) is 0 Å². The lowest BCUT2D eigenvalue weighted by Crippen LogP contribution is -2.51. The van der Waals surface area contributed by atoms with Crippen molar-refractivity contribution in [2.24, 2.45) is 17.3 Å². The number of hydrogen-bond donors (Lipinski definition) is 2. The van der Waals surface area contributed by atoms with Crippen molar-refractivity contribution in [2.45, 2.75) is 40.2 Å². The maximum absolute atomic E-state index is 13.0. The number of carboxylic acids is 1. The second kappa shape index (κ2) is 8.06. The summed E-state index contributed by atoms with van der Waals surface area (Å²) in [4.78, 5) is 38.8. The van der Waals surface area contributed by atoms with Crippen LogP contribution in [0.25, 0.3) is 0 Å². The maximum Gasteiger partial charge on any atom is 0.311 e. The Hall–Kier alpha value is -2.44. The van der Waals surface area contributed by atoms with Gasteiger partial charge in [0, 0.05) is 18.7 Å². The van der Waals surface area contributed by atoms with Gasteiger partial charge in [-0.25, -0.2) is 4.39 Å². The normalized spacial score (nSPS) is 20.8. The van der Waals surface area contributed by atoms with Gasteiger partial charge < -0.3 is 15.3 Å². The molecule has 1 aliphatic heterocycles. The van der Waals surface area contributed by atoms with Crippen molar-refractivity contribution >= 4 is 17.8 Å². The average molecular weight is 378 g/mol. The van der Waals surface area contributed by atoms with Gasteiger partial charge in [-0.15, -0.1) is 0 Å². The maximum atomic E-state index is 13.0. The van der Waals surface area contributed by atoms with Crippen molar-refractivity contribution in [1.29, 1.82) is 0 Å². The van der Waals surface area contributed by atoms with Gasteiger partial charge in [-0.3, -0.25) is 14.4 Å². The third-order valence-corrected chi connectivity index (χ3v) is 5.47. The molecule has 148 valence electrons. The Morgan fingerprint density at radius 3 is 2.19 bits per heavy atom. The summed E-state index contributed by atoms with van der Waals surface area (Å²) >= 11 is 0. The summed E-state index contributed by atoms with van der Waals surface area (Å²) in [6, 6.07) is 4.31. The first-order valence-corrected chi connectivity index (χ1v) is 9.17. The van der Waals surface area contributed by atoms with Crippen molar-refractivity contribution in [1.82, 2.24) is 10.2 Å². The number of amides is 2. The fourth-order valence-electron chi connectivity index (χ4n) is 3.45. The Kier molecular flexibility index (Phi) is 6.23. The highest BCUT2D eigenvalue weighted by molar-refractivity contribution is 5.97. The molecule has 2 atom stereocenters. The van der Waals surface area contributed by atoms with Gasteiger partial charge in [0.25, 0.3) is 5.91 Å². The number of halogens is 1. The molecule has 2 rings (SSSR count). The highest BCUT2D eigenvalue weighted by Crippen LogP contribution is 2.38. The van der Waals surface area contributed by atoms with Gasteiger partial charge in [0.05, 0.1) is 5.41 Å². The van der Waals surface area contributed by atoms with Gasteiger partial charge in [0.2, 0.25) is 5.91 Å². The summed E-state index contributed by atoms with van der Waals surface area (Å²) in [5, 5.41) is 12.4. The number of rotatable bonds is 6. The number of benzene rings is 1. The number of nitrogens with zero attached hydrogens (tertiary/aromatic N) is 1. The van der Waals surface area contributed by atoms with Gasteiger partial charge in [-0.05, 0) is 42.5 Å². The van der Waals surface area contributed by atoms with E-state index in [1.807, 2.05) is 27.7 Å². The van der Waals surface area contributed by atoms with Crippen LogP contribution in [0.15, 0.2) is 24.3 Å². The van der Waals surface area contributed by atoms with Crippen LogP contribution < -0.4 is 5.32 Å². The number of carbonyl (C=O) groups is 3. The fourth-order valence-corrected chi connectivity index (χ4v) is 3.45. The molecule has 1 heterocycles. The number of aliphatic carboxylic acids is 1. The van der Waals surface area contributed by atoms with E-state index in [2.05, 4.69) is 5.32 Å². The van der Waals surface area contributed by atoms with Crippen molar-refractivity contribution in [3.8, 4) is 0 Å². The Bertz CT molecular complexity index is 717. The Balaban J connectivity index is 2.15. The predicted molar refractivity (Wildman–Crippen MR) is 98.6 cm³/mol. The van der Waals surface area contributed by atoms with Crippen LogP contribution in [0.4, 0.5) is 4.39 Å². The molecule has 2 N–H and O–H groups in total. The van der Waals surface area contributed by atoms with Gasteiger partial charge in [-0.1, -0.05) is 27.7 Å². The van der Waals surface area contributed by atoms with E-state index in [9.17, 15) is 23.9 Å². The van der Waals surface area contributed by atoms with Crippen LogP contribution in [-0.4, -0.2) is 46.9 Å². The number of likely N-dealkylation sites (tertiary alicyclic amines) is 1. The van der Waals surface area contributed by atoms with Crippen LogP contribution >= 0.6 is 0 Å². The molecule has 7 heteroatoms. The summed E-state index contributed by atoms with van der Waals surface area (Å²) in [5.74, 6) is -2.39. The minimum Gasteiger partial charge on any atom is -0.481 e. The molecular weight excluding hydrogens is 351 g/mol. The second-order valence-corrected chi connectivity index (χ2v) is 7.83. The minimum absolute atomic E-state index is 0.112. The fraction of sp³-hybridized carbons (Fsp3) is 0.550. The van der Waals surface area contributed by atoms with Gasteiger partial charge >= 0.3 is 5.97 Å². The van der Waals surface area contributed by atoms with Gasteiger partial charge in [0.1, 0.15) is 11.9 Å². The van der Waals surface area contributed by atoms with E-state index in [4.69, 9.17) is 0 Å². The number of nitrogens with one attached hydrogen (secondary N) is 1. The molecule has 0 aliphatic carbocycles. The molecule has 1 fully saturated rings. The summed E-state index contributed by atoms with van der Waals surface area (Å²) < 4.78 is 13.0. The molecule has 1 aromatic rings. The van der Waals surface area contributed by atoms with E-state index in [1.54, 1.807) is 0 Å².